The number of thiazole rings is 1. The van der Waals surface area contributed by atoms with Crippen molar-refractivity contribution in [3.8, 4) is 0 Å². The van der Waals surface area contributed by atoms with Crippen LogP contribution in [0.2, 0.25) is 5.02 Å². The van der Waals surface area contributed by atoms with Crippen molar-refractivity contribution in [3.63, 3.8) is 0 Å². The van der Waals surface area contributed by atoms with Crippen LogP contribution in [0.15, 0.2) is 47.4 Å². The summed E-state index contributed by atoms with van der Waals surface area (Å²) in [6.07, 6.45) is 1.11. The number of anilines is 1. The second kappa shape index (κ2) is 9.68. The van der Waals surface area contributed by atoms with Gasteiger partial charge in [0, 0.05) is 24.7 Å². The van der Waals surface area contributed by atoms with E-state index in [0.29, 0.717) is 42.6 Å². The van der Waals surface area contributed by atoms with E-state index in [-0.39, 0.29) is 10.8 Å². The fourth-order valence-electron chi connectivity index (χ4n) is 3.99. The fourth-order valence-corrected chi connectivity index (χ4v) is 6.84. The number of sulfonamides is 1. The minimum Gasteiger partial charge on any atom is -0.308 e. The van der Waals surface area contributed by atoms with Crippen LogP contribution in [-0.2, 0) is 14.8 Å². The molecule has 1 amide bonds. The van der Waals surface area contributed by atoms with E-state index in [0.717, 1.165) is 15.8 Å². The highest BCUT2D eigenvalue weighted by Crippen LogP contribution is 2.33. The molecule has 3 aromatic rings. The van der Waals surface area contributed by atoms with Crippen molar-refractivity contribution in [1.82, 2.24) is 14.2 Å². The zero-order chi connectivity index (χ0) is 23.8. The van der Waals surface area contributed by atoms with Crippen LogP contribution in [0, 0.1) is 6.92 Å². The quantitative estimate of drug-likeness (QED) is 0.484. The van der Waals surface area contributed by atoms with Crippen LogP contribution >= 0.6 is 22.9 Å². The average Bonchev–Trinajstić information content (AvgIpc) is 3.42. The molecule has 7 nitrogen and oxygen atoms in total. The number of likely N-dealkylation sites (N-methyl/N-ethyl adjacent to an activating group) is 1. The van der Waals surface area contributed by atoms with Crippen LogP contribution in [0.3, 0.4) is 0 Å². The Morgan fingerprint density at radius 3 is 2.58 bits per heavy atom. The second-order valence-corrected chi connectivity index (χ2v) is 11.8. The number of carbonyl (C=O) groups is 1. The summed E-state index contributed by atoms with van der Waals surface area (Å²) in [7, 11) is 0.0568. The summed E-state index contributed by atoms with van der Waals surface area (Å²) in [5, 5.41) is 1.06. The molecule has 0 radical (unpaired) electrons. The molecule has 1 saturated heterocycles. The van der Waals surface area contributed by atoms with E-state index in [1.54, 1.807) is 17.0 Å². The minimum atomic E-state index is -3.83. The summed E-state index contributed by atoms with van der Waals surface area (Å²) >= 11 is 7.39. The van der Waals surface area contributed by atoms with E-state index < -0.39 is 16.1 Å². The zero-order valence-corrected chi connectivity index (χ0v) is 21.3. The predicted octanol–water partition coefficient (Wildman–Crippen LogP) is 4.01. The predicted molar refractivity (Wildman–Crippen MR) is 134 cm³/mol. The van der Waals surface area contributed by atoms with Crippen molar-refractivity contribution in [2.45, 2.75) is 30.7 Å². The van der Waals surface area contributed by atoms with Gasteiger partial charge in [-0.1, -0.05) is 35.1 Å². The monoisotopic (exact) mass is 506 g/mol. The summed E-state index contributed by atoms with van der Waals surface area (Å²) < 4.78 is 29.1. The third kappa shape index (κ3) is 4.93. The summed E-state index contributed by atoms with van der Waals surface area (Å²) in [5.74, 6) is -0.233. The molecule has 1 unspecified atom stereocenters. The maximum atomic E-state index is 13.8. The first-order chi connectivity index (χ1) is 15.7. The highest BCUT2D eigenvalue weighted by molar-refractivity contribution is 7.89. The number of benzene rings is 2. The average molecular weight is 507 g/mol. The molecule has 2 heterocycles. The number of fused-ring (bicyclic) bond motifs is 1. The Morgan fingerprint density at radius 2 is 1.91 bits per heavy atom. The van der Waals surface area contributed by atoms with Crippen molar-refractivity contribution < 1.29 is 13.2 Å². The molecule has 1 fully saturated rings. The van der Waals surface area contributed by atoms with Gasteiger partial charge < -0.3 is 4.90 Å². The van der Waals surface area contributed by atoms with E-state index in [1.807, 2.05) is 44.1 Å². The van der Waals surface area contributed by atoms with Gasteiger partial charge in [0.15, 0.2) is 5.13 Å². The number of hydrogen-bond acceptors (Lipinski definition) is 6. The Balaban J connectivity index is 1.68. The number of aromatic nitrogens is 1. The lowest BCUT2D eigenvalue weighted by Crippen LogP contribution is -2.49. The molecule has 4 rings (SSSR count). The molecule has 0 aliphatic carbocycles. The fraction of sp³-hybridized carbons (Fsp3) is 0.391. The Bertz CT molecular complexity index is 1260. The van der Waals surface area contributed by atoms with Crippen LogP contribution in [0.5, 0.6) is 0 Å². The number of aryl methyl sites for hydroxylation is 1. The van der Waals surface area contributed by atoms with Crippen LogP contribution in [-0.4, -0.2) is 68.3 Å². The Kier molecular flexibility index (Phi) is 7.07. The molecule has 1 aliphatic heterocycles. The number of hydrogen-bond donors (Lipinski definition) is 0. The van der Waals surface area contributed by atoms with E-state index >= 15 is 0 Å². The van der Waals surface area contributed by atoms with Gasteiger partial charge in [0.2, 0.25) is 15.9 Å². The minimum absolute atomic E-state index is 0.141. The Labute approximate surface area is 203 Å². The number of para-hydroxylation sites is 1. The molecule has 176 valence electrons. The van der Waals surface area contributed by atoms with E-state index in [4.69, 9.17) is 16.6 Å². The third-order valence-electron chi connectivity index (χ3n) is 5.79. The van der Waals surface area contributed by atoms with Gasteiger partial charge in [0.05, 0.1) is 15.1 Å². The van der Waals surface area contributed by atoms with Gasteiger partial charge in [-0.2, -0.15) is 4.31 Å². The van der Waals surface area contributed by atoms with Crippen molar-refractivity contribution in [3.05, 3.63) is 53.1 Å². The van der Waals surface area contributed by atoms with Crippen molar-refractivity contribution in [2.75, 3.05) is 38.6 Å². The molecule has 1 atom stereocenters. The van der Waals surface area contributed by atoms with E-state index in [1.165, 1.54) is 27.8 Å². The van der Waals surface area contributed by atoms with Gasteiger partial charge in [-0.25, -0.2) is 13.4 Å². The zero-order valence-electron chi connectivity index (χ0n) is 18.9. The molecule has 0 bridgehead atoms. The normalized spacial score (nSPS) is 17.2. The topological polar surface area (TPSA) is 73.8 Å². The Hall–Kier alpha value is -2.04. The van der Waals surface area contributed by atoms with Crippen molar-refractivity contribution in [2.24, 2.45) is 0 Å². The molecule has 2 aromatic carbocycles. The number of rotatable bonds is 7. The highest BCUT2D eigenvalue weighted by atomic mass is 35.5. The third-order valence-corrected chi connectivity index (χ3v) is 9.00. The maximum Gasteiger partial charge on any atom is 0.247 e. The molecule has 0 spiro atoms. The lowest BCUT2D eigenvalue weighted by molar-refractivity contribution is -0.121. The number of amides is 1. The maximum absolute atomic E-state index is 13.8. The van der Waals surface area contributed by atoms with Gasteiger partial charge in [-0.05, 0) is 69.8 Å². The van der Waals surface area contributed by atoms with Crippen molar-refractivity contribution in [1.29, 1.82) is 0 Å². The standard InChI is InChI=1S/C23H27ClN4O3S2/c1-16-6-4-8-20-21(16)25-23(32-20)27(15-14-26(2)3)22(29)19-7-5-13-28(19)33(30,31)18-11-9-17(24)10-12-18/h4,6,8-12,19H,5,7,13-15H2,1-3H3. The number of halogens is 1. The lowest BCUT2D eigenvalue weighted by Gasteiger charge is -2.29. The number of carbonyl (C=O) groups excluding carboxylic acids is 1. The molecule has 1 aromatic heterocycles. The van der Waals surface area contributed by atoms with Gasteiger partial charge >= 0.3 is 0 Å². The molecule has 33 heavy (non-hydrogen) atoms. The number of nitrogens with zero attached hydrogens (tertiary/aromatic N) is 4. The molecule has 10 heteroatoms. The first-order valence-corrected chi connectivity index (χ1v) is 13.4. The van der Waals surface area contributed by atoms with Crippen molar-refractivity contribution >= 4 is 54.2 Å². The molecule has 0 N–H and O–H groups in total. The second-order valence-electron chi connectivity index (χ2n) is 8.44. The molecule has 0 saturated carbocycles. The SMILES string of the molecule is Cc1cccc2sc(N(CCN(C)C)C(=O)C3CCCN3S(=O)(=O)c3ccc(Cl)cc3)nc12. The molecular weight excluding hydrogens is 480 g/mol. The van der Waals surface area contributed by atoms with Crippen LogP contribution < -0.4 is 4.90 Å². The lowest BCUT2D eigenvalue weighted by atomic mass is 10.2. The first kappa shape index (κ1) is 24.1. The Morgan fingerprint density at radius 1 is 1.18 bits per heavy atom. The summed E-state index contributed by atoms with van der Waals surface area (Å²) in [5.41, 5.74) is 1.92. The van der Waals surface area contributed by atoms with Crippen LogP contribution in [0.4, 0.5) is 5.13 Å². The summed E-state index contributed by atoms with van der Waals surface area (Å²) in [6.45, 7) is 3.37. The van der Waals surface area contributed by atoms with Crippen LogP contribution in [0.1, 0.15) is 18.4 Å². The van der Waals surface area contributed by atoms with Crippen LogP contribution in [0.25, 0.3) is 10.2 Å². The van der Waals surface area contributed by atoms with Gasteiger partial charge in [0.25, 0.3) is 0 Å². The first-order valence-electron chi connectivity index (χ1n) is 10.8. The highest BCUT2D eigenvalue weighted by Gasteiger charge is 2.42. The molecule has 1 aliphatic rings. The van der Waals surface area contributed by atoms with E-state index in [2.05, 4.69) is 0 Å². The van der Waals surface area contributed by atoms with E-state index in [9.17, 15) is 13.2 Å². The smallest absolute Gasteiger partial charge is 0.247 e. The van der Waals surface area contributed by atoms with Gasteiger partial charge in [0.1, 0.15) is 6.04 Å². The summed E-state index contributed by atoms with van der Waals surface area (Å²) in [6, 6.07) is 11.3. The van der Waals surface area contributed by atoms with Gasteiger partial charge in [-0.3, -0.25) is 9.69 Å². The molecular formula is C23H27ClN4O3S2. The largest absolute Gasteiger partial charge is 0.308 e. The van der Waals surface area contributed by atoms with Gasteiger partial charge in [-0.15, -0.1) is 0 Å². The summed E-state index contributed by atoms with van der Waals surface area (Å²) in [4.78, 5) is 22.4.